The van der Waals surface area contributed by atoms with Crippen molar-refractivity contribution in [3.63, 3.8) is 0 Å². The van der Waals surface area contributed by atoms with Crippen LogP contribution in [-0.4, -0.2) is 43.8 Å². The molecule has 3 rings (SSSR count). The van der Waals surface area contributed by atoms with E-state index in [-0.39, 0.29) is 23.4 Å². The second-order valence-corrected chi connectivity index (χ2v) is 12.6. The summed E-state index contributed by atoms with van der Waals surface area (Å²) in [6.45, 7) is 9.07. The monoisotopic (exact) mass is 613 g/mol. The minimum absolute atomic E-state index is 0.0589. The van der Waals surface area contributed by atoms with Crippen LogP contribution < -0.4 is 9.62 Å². The third-order valence-corrected chi connectivity index (χ3v) is 8.91. The summed E-state index contributed by atoms with van der Waals surface area (Å²) in [4.78, 5) is 28.6. The maximum Gasteiger partial charge on any atom is 0.264 e. The first kappa shape index (κ1) is 30.4. The minimum atomic E-state index is -4.10. The molecule has 0 unspecified atom stereocenters. The lowest BCUT2D eigenvalue weighted by Crippen LogP contribution is -2.52. The Morgan fingerprint density at radius 2 is 1.51 bits per heavy atom. The van der Waals surface area contributed by atoms with Gasteiger partial charge in [-0.15, -0.1) is 0 Å². The zero-order chi connectivity index (χ0) is 28.7. The molecule has 208 valence electrons. The smallest absolute Gasteiger partial charge is 0.264 e. The molecule has 3 aromatic carbocycles. The highest BCUT2D eigenvalue weighted by Gasteiger charge is 2.32. The standard InChI is InChI=1S/C30H36BrN3O4S/c1-6-23(4)32-30(36)24(5)33(19-25-14-10-21(2)11-15-25)29(35)20-34(27-9-7-8-26(31)18-27)39(37,38)28-16-12-22(3)13-17-28/h7-18,23-24H,6,19-20H2,1-5H3,(H,32,36)/t23-,24-/m1/s1. The van der Waals surface area contributed by atoms with Gasteiger partial charge in [0, 0.05) is 17.1 Å². The number of nitrogens with one attached hydrogen (secondary N) is 1. The van der Waals surface area contributed by atoms with Crippen molar-refractivity contribution in [2.45, 2.75) is 64.6 Å². The largest absolute Gasteiger partial charge is 0.352 e. The zero-order valence-electron chi connectivity index (χ0n) is 23.0. The maximum absolute atomic E-state index is 13.9. The van der Waals surface area contributed by atoms with E-state index in [0.29, 0.717) is 10.2 Å². The van der Waals surface area contributed by atoms with Gasteiger partial charge < -0.3 is 10.2 Å². The number of rotatable bonds is 11. The Balaban J connectivity index is 2.02. The first-order chi connectivity index (χ1) is 18.4. The quantitative estimate of drug-likeness (QED) is 0.305. The predicted molar refractivity (Wildman–Crippen MR) is 159 cm³/mol. The molecular weight excluding hydrogens is 578 g/mol. The Morgan fingerprint density at radius 3 is 2.08 bits per heavy atom. The average molecular weight is 615 g/mol. The molecule has 0 radical (unpaired) electrons. The molecule has 1 N–H and O–H groups in total. The maximum atomic E-state index is 13.9. The normalized spacial score (nSPS) is 12.9. The van der Waals surface area contributed by atoms with Gasteiger partial charge in [-0.05, 0) is 70.0 Å². The second kappa shape index (κ2) is 13.3. The van der Waals surface area contributed by atoms with Crippen molar-refractivity contribution in [1.82, 2.24) is 10.2 Å². The van der Waals surface area contributed by atoms with Crippen molar-refractivity contribution in [3.8, 4) is 0 Å². The van der Waals surface area contributed by atoms with Crippen LogP contribution in [0.25, 0.3) is 0 Å². The van der Waals surface area contributed by atoms with Crippen LogP contribution in [0.15, 0.2) is 82.2 Å². The van der Waals surface area contributed by atoms with E-state index in [9.17, 15) is 18.0 Å². The summed E-state index contributed by atoms with van der Waals surface area (Å²) in [5.74, 6) is -0.779. The van der Waals surface area contributed by atoms with Gasteiger partial charge >= 0.3 is 0 Å². The van der Waals surface area contributed by atoms with Crippen LogP contribution in [-0.2, 0) is 26.2 Å². The van der Waals surface area contributed by atoms with E-state index in [4.69, 9.17) is 0 Å². The molecule has 2 amide bonds. The van der Waals surface area contributed by atoms with Crippen LogP contribution in [0.4, 0.5) is 5.69 Å². The zero-order valence-corrected chi connectivity index (χ0v) is 25.4. The summed E-state index contributed by atoms with van der Waals surface area (Å²) in [6, 6.07) is 20.1. The Morgan fingerprint density at radius 1 is 0.923 bits per heavy atom. The average Bonchev–Trinajstić information content (AvgIpc) is 2.90. The van der Waals surface area contributed by atoms with Gasteiger partial charge in [-0.2, -0.15) is 0 Å². The fourth-order valence-corrected chi connectivity index (χ4v) is 5.73. The Bertz CT molecular complexity index is 1390. The number of sulfonamides is 1. The number of hydrogen-bond acceptors (Lipinski definition) is 4. The van der Waals surface area contributed by atoms with Gasteiger partial charge in [0.2, 0.25) is 11.8 Å². The molecule has 39 heavy (non-hydrogen) atoms. The van der Waals surface area contributed by atoms with Crippen molar-refractivity contribution >= 4 is 43.5 Å². The van der Waals surface area contributed by atoms with E-state index in [1.165, 1.54) is 17.0 Å². The molecule has 0 spiro atoms. The third-order valence-electron chi connectivity index (χ3n) is 6.63. The van der Waals surface area contributed by atoms with Gasteiger partial charge in [-0.25, -0.2) is 8.42 Å². The number of carbonyl (C=O) groups excluding carboxylic acids is 2. The third kappa shape index (κ3) is 7.92. The van der Waals surface area contributed by atoms with Gasteiger partial charge in [0.25, 0.3) is 10.0 Å². The summed E-state index contributed by atoms with van der Waals surface area (Å²) in [5, 5.41) is 2.94. The molecule has 0 aliphatic carbocycles. The lowest BCUT2D eigenvalue weighted by atomic mass is 10.1. The molecular formula is C30H36BrN3O4S. The lowest BCUT2D eigenvalue weighted by molar-refractivity contribution is -0.139. The van der Waals surface area contributed by atoms with Crippen LogP contribution in [0, 0.1) is 13.8 Å². The molecule has 0 aliphatic heterocycles. The van der Waals surface area contributed by atoms with Crippen molar-refractivity contribution in [2.24, 2.45) is 0 Å². The molecule has 0 aliphatic rings. The molecule has 0 heterocycles. The highest BCUT2D eigenvalue weighted by Crippen LogP contribution is 2.27. The van der Waals surface area contributed by atoms with Crippen molar-refractivity contribution < 1.29 is 18.0 Å². The topological polar surface area (TPSA) is 86.8 Å². The van der Waals surface area contributed by atoms with E-state index in [2.05, 4.69) is 21.2 Å². The van der Waals surface area contributed by atoms with E-state index >= 15 is 0 Å². The summed E-state index contributed by atoms with van der Waals surface area (Å²) in [5.41, 5.74) is 3.17. The number of carbonyl (C=O) groups is 2. The number of amides is 2. The highest BCUT2D eigenvalue weighted by atomic mass is 79.9. The summed E-state index contributed by atoms with van der Waals surface area (Å²) >= 11 is 3.41. The number of halogens is 1. The number of anilines is 1. The number of nitrogens with zero attached hydrogens (tertiary/aromatic N) is 2. The molecule has 0 bridgehead atoms. The highest BCUT2D eigenvalue weighted by molar-refractivity contribution is 9.10. The van der Waals surface area contributed by atoms with Crippen molar-refractivity contribution in [1.29, 1.82) is 0 Å². The first-order valence-corrected chi connectivity index (χ1v) is 15.2. The Hall–Kier alpha value is -3.17. The number of benzene rings is 3. The van der Waals surface area contributed by atoms with Crippen molar-refractivity contribution in [3.05, 3.63) is 94.0 Å². The minimum Gasteiger partial charge on any atom is -0.352 e. The molecule has 3 aromatic rings. The van der Waals surface area contributed by atoms with Gasteiger partial charge in [-0.1, -0.05) is 76.4 Å². The summed E-state index contributed by atoms with van der Waals surface area (Å²) in [6.07, 6.45) is 0.746. The van der Waals surface area contributed by atoms with Crippen molar-refractivity contribution in [2.75, 3.05) is 10.8 Å². The Labute approximate surface area is 240 Å². The van der Waals surface area contributed by atoms with E-state index in [0.717, 1.165) is 27.4 Å². The SMILES string of the molecule is CC[C@@H](C)NC(=O)[C@@H](C)N(Cc1ccc(C)cc1)C(=O)CN(c1cccc(Br)c1)S(=O)(=O)c1ccc(C)cc1. The van der Waals surface area contributed by atoms with Crippen LogP contribution >= 0.6 is 15.9 Å². The molecule has 9 heteroatoms. The van der Waals surface area contributed by atoms with E-state index in [1.54, 1.807) is 43.3 Å². The molecule has 7 nitrogen and oxygen atoms in total. The van der Waals surface area contributed by atoms with Crippen LogP contribution in [0.3, 0.4) is 0 Å². The van der Waals surface area contributed by atoms with Crippen LogP contribution in [0.2, 0.25) is 0 Å². The second-order valence-electron chi connectivity index (χ2n) is 9.81. The number of hydrogen-bond donors (Lipinski definition) is 1. The summed E-state index contributed by atoms with van der Waals surface area (Å²) < 4.78 is 29.5. The Kier molecular flexibility index (Phi) is 10.3. The first-order valence-electron chi connectivity index (χ1n) is 12.9. The molecule has 0 saturated heterocycles. The van der Waals surface area contributed by atoms with Gasteiger partial charge in [0.05, 0.1) is 10.6 Å². The predicted octanol–water partition coefficient (Wildman–Crippen LogP) is 5.59. The van der Waals surface area contributed by atoms with Gasteiger partial charge in [-0.3, -0.25) is 13.9 Å². The van der Waals surface area contributed by atoms with E-state index in [1.807, 2.05) is 52.0 Å². The fraction of sp³-hybridized carbons (Fsp3) is 0.333. The summed E-state index contributed by atoms with van der Waals surface area (Å²) in [7, 11) is -4.10. The number of aryl methyl sites for hydroxylation is 2. The fourth-order valence-electron chi connectivity index (χ4n) is 3.94. The molecule has 0 saturated carbocycles. The van der Waals surface area contributed by atoms with Crippen LogP contribution in [0.1, 0.15) is 43.9 Å². The van der Waals surface area contributed by atoms with Gasteiger partial charge in [0.15, 0.2) is 0 Å². The molecule has 0 aromatic heterocycles. The van der Waals surface area contributed by atoms with Gasteiger partial charge in [0.1, 0.15) is 12.6 Å². The molecule has 0 fully saturated rings. The van der Waals surface area contributed by atoms with E-state index < -0.39 is 28.5 Å². The van der Waals surface area contributed by atoms with Crippen LogP contribution in [0.5, 0.6) is 0 Å². The molecule has 2 atom stereocenters. The lowest BCUT2D eigenvalue weighted by Gasteiger charge is -2.32.